The van der Waals surface area contributed by atoms with Crippen LogP contribution in [0.2, 0.25) is 0 Å². The lowest BCUT2D eigenvalue weighted by atomic mass is 9.75. The number of carbonyl (C=O) groups excluding carboxylic acids is 1. The van der Waals surface area contributed by atoms with Gasteiger partial charge in [0, 0.05) is 6.42 Å². The van der Waals surface area contributed by atoms with Gasteiger partial charge in [-0.15, -0.1) is 0 Å². The maximum absolute atomic E-state index is 12.4. The van der Waals surface area contributed by atoms with Gasteiger partial charge in [-0.1, -0.05) is 25.6 Å². The number of hydrogen-bond donors (Lipinski definition) is 2. The molecule has 3 nitrogen and oxygen atoms in total. The smallest absolute Gasteiger partial charge is 0.221 e. The second-order valence-electron chi connectivity index (χ2n) is 6.61. The predicted octanol–water partition coefficient (Wildman–Crippen LogP) is 3.26. The van der Waals surface area contributed by atoms with Crippen molar-refractivity contribution in [3.05, 3.63) is 0 Å². The Morgan fingerprint density at radius 3 is 2.38 bits per heavy atom. The van der Waals surface area contributed by atoms with Crippen LogP contribution in [0, 0.1) is 11.8 Å². The first-order chi connectivity index (χ1) is 10.1. The molecule has 2 aliphatic rings. The van der Waals surface area contributed by atoms with Crippen molar-refractivity contribution in [3.63, 3.8) is 0 Å². The fourth-order valence-electron chi connectivity index (χ4n) is 3.54. The Labute approximate surface area is 138 Å². The number of amides is 1. The van der Waals surface area contributed by atoms with Crippen LogP contribution in [0.25, 0.3) is 0 Å². The zero-order valence-electron chi connectivity index (χ0n) is 13.0. The van der Waals surface area contributed by atoms with E-state index in [1.165, 1.54) is 17.9 Å². The Morgan fingerprint density at radius 1 is 1.24 bits per heavy atom. The van der Waals surface area contributed by atoms with Crippen molar-refractivity contribution >= 4 is 34.9 Å². The summed E-state index contributed by atoms with van der Waals surface area (Å²) in [5.41, 5.74) is 5.57. The summed E-state index contributed by atoms with van der Waals surface area (Å²) in [6, 6.07) is 0. The molecule has 1 aliphatic heterocycles. The second-order valence-corrected chi connectivity index (χ2v) is 8.27. The molecule has 5 heteroatoms. The van der Waals surface area contributed by atoms with E-state index in [-0.39, 0.29) is 5.91 Å². The SMILES string of the molecule is CCC1CCC(NC(=O)CC2CCSCC2)(C(N)=S)CC1. The number of thioether (sulfide) groups is 1. The summed E-state index contributed by atoms with van der Waals surface area (Å²) < 4.78 is 0. The predicted molar refractivity (Wildman–Crippen MR) is 94.6 cm³/mol. The molecule has 0 aromatic carbocycles. The first-order valence-corrected chi connectivity index (χ1v) is 9.80. The summed E-state index contributed by atoms with van der Waals surface area (Å²) in [5, 5.41) is 3.21. The Hall–Kier alpha value is -0.290. The molecule has 1 saturated heterocycles. The Bertz CT molecular complexity index is 372. The van der Waals surface area contributed by atoms with Gasteiger partial charge in [0.1, 0.15) is 0 Å². The van der Waals surface area contributed by atoms with Crippen LogP contribution in [-0.2, 0) is 4.79 Å². The van der Waals surface area contributed by atoms with Crippen LogP contribution >= 0.6 is 24.0 Å². The molecule has 0 atom stereocenters. The molecule has 1 heterocycles. The first kappa shape index (κ1) is 17.1. The average Bonchev–Trinajstić information content (AvgIpc) is 2.48. The molecular formula is C16H28N2OS2. The second kappa shape index (κ2) is 7.82. The number of hydrogen-bond acceptors (Lipinski definition) is 3. The van der Waals surface area contributed by atoms with E-state index < -0.39 is 5.54 Å². The van der Waals surface area contributed by atoms with E-state index in [0.717, 1.165) is 44.4 Å². The lowest BCUT2D eigenvalue weighted by Crippen LogP contribution is -2.58. The van der Waals surface area contributed by atoms with Crippen molar-refractivity contribution < 1.29 is 4.79 Å². The maximum Gasteiger partial charge on any atom is 0.221 e. The molecular weight excluding hydrogens is 300 g/mol. The minimum absolute atomic E-state index is 0.148. The lowest BCUT2D eigenvalue weighted by Gasteiger charge is -2.40. The van der Waals surface area contributed by atoms with Gasteiger partial charge in [-0.3, -0.25) is 4.79 Å². The zero-order valence-corrected chi connectivity index (χ0v) is 14.7. The van der Waals surface area contributed by atoms with Crippen LogP contribution in [0.4, 0.5) is 0 Å². The van der Waals surface area contributed by atoms with Crippen LogP contribution in [-0.4, -0.2) is 27.9 Å². The summed E-state index contributed by atoms with van der Waals surface area (Å²) in [7, 11) is 0. The molecule has 0 aromatic heterocycles. The monoisotopic (exact) mass is 328 g/mol. The molecule has 0 radical (unpaired) electrons. The van der Waals surface area contributed by atoms with E-state index in [1.807, 2.05) is 11.8 Å². The van der Waals surface area contributed by atoms with Gasteiger partial charge >= 0.3 is 0 Å². The minimum atomic E-state index is -0.415. The summed E-state index contributed by atoms with van der Waals surface area (Å²) in [4.78, 5) is 12.9. The van der Waals surface area contributed by atoms with Crippen molar-refractivity contribution in [2.45, 2.75) is 63.8 Å². The van der Waals surface area contributed by atoms with Crippen molar-refractivity contribution in [2.75, 3.05) is 11.5 Å². The number of rotatable bonds is 5. The van der Waals surface area contributed by atoms with Crippen LogP contribution in [0.15, 0.2) is 0 Å². The highest BCUT2D eigenvalue weighted by Crippen LogP contribution is 2.34. The highest BCUT2D eigenvalue weighted by molar-refractivity contribution is 7.99. The number of nitrogens with two attached hydrogens (primary N) is 1. The van der Waals surface area contributed by atoms with Crippen LogP contribution in [0.3, 0.4) is 0 Å². The molecule has 3 N–H and O–H groups in total. The van der Waals surface area contributed by atoms with Gasteiger partial charge in [0.25, 0.3) is 0 Å². The van der Waals surface area contributed by atoms with E-state index in [9.17, 15) is 4.79 Å². The molecule has 1 aliphatic carbocycles. The molecule has 21 heavy (non-hydrogen) atoms. The molecule has 0 bridgehead atoms. The lowest BCUT2D eigenvalue weighted by molar-refractivity contribution is -0.123. The average molecular weight is 329 g/mol. The van der Waals surface area contributed by atoms with Crippen LogP contribution in [0.5, 0.6) is 0 Å². The number of carbonyl (C=O) groups is 1. The normalized spacial score (nSPS) is 30.8. The summed E-state index contributed by atoms with van der Waals surface area (Å²) in [6.45, 7) is 2.23. The van der Waals surface area contributed by atoms with E-state index in [4.69, 9.17) is 18.0 Å². The van der Waals surface area contributed by atoms with E-state index in [2.05, 4.69) is 12.2 Å². The van der Waals surface area contributed by atoms with Gasteiger partial charge < -0.3 is 11.1 Å². The van der Waals surface area contributed by atoms with Gasteiger partial charge in [-0.05, 0) is 61.9 Å². The highest BCUT2D eigenvalue weighted by Gasteiger charge is 2.39. The third-order valence-electron chi connectivity index (χ3n) is 5.20. The van der Waals surface area contributed by atoms with Crippen molar-refractivity contribution in [3.8, 4) is 0 Å². The van der Waals surface area contributed by atoms with E-state index in [0.29, 0.717) is 17.3 Å². The van der Waals surface area contributed by atoms with Crippen molar-refractivity contribution in [2.24, 2.45) is 17.6 Å². The molecule has 2 fully saturated rings. The standard InChI is InChI=1S/C16H28N2OS2/c1-2-12-3-7-16(8-4-12,15(17)20)18-14(19)11-13-5-9-21-10-6-13/h12-13H,2-11H2,1H3,(H2,17,20)(H,18,19). The summed E-state index contributed by atoms with van der Waals surface area (Å²) in [6.07, 6.45) is 8.23. The molecule has 0 spiro atoms. The van der Waals surface area contributed by atoms with Gasteiger partial charge in [-0.25, -0.2) is 0 Å². The van der Waals surface area contributed by atoms with Crippen molar-refractivity contribution in [1.29, 1.82) is 0 Å². The van der Waals surface area contributed by atoms with Crippen molar-refractivity contribution in [1.82, 2.24) is 5.32 Å². The molecule has 0 unspecified atom stereocenters. The fraction of sp³-hybridized carbons (Fsp3) is 0.875. The Kier molecular flexibility index (Phi) is 6.35. The molecule has 2 rings (SSSR count). The maximum atomic E-state index is 12.4. The summed E-state index contributed by atoms with van der Waals surface area (Å²) in [5.74, 6) is 3.84. The highest BCUT2D eigenvalue weighted by atomic mass is 32.2. The Balaban J connectivity index is 1.90. The van der Waals surface area contributed by atoms with Gasteiger partial charge in [0.05, 0.1) is 10.5 Å². The third kappa shape index (κ3) is 4.59. The first-order valence-electron chi connectivity index (χ1n) is 8.24. The van der Waals surface area contributed by atoms with Crippen LogP contribution < -0.4 is 11.1 Å². The quantitative estimate of drug-likeness (QED) is 0.761. The van der Waals surface area contributed by atoms with Gasteiger partial charge in [0.15, 0.2) is 0 Å². The minimum Gasteiger partial charge on any atom is -0.391 e. The molecule has 1 saturated carbocycles. The Morgan fingerprint density at radius 2 is 1.86 bits per heavy atom. The molecule has 120 valence electrons. The van der Waals surface area contributed by atoms with Gasteiger partial charge in [-0.2, -0.15) is 11.8 Å². The van der Waals surface area contributed by atoms with E-state index in [1.54, 1.807) is 0 Å². The topological polar surface area (TPSA) is 55.1 Å². The van der Waals surface area contributed by atoms with E-state index >= 15 is 0 Å². The third-order valence-corrected chi connectivity index (χ3v) is 6.64. The summed E-state index contributed by atoms with van der Waals surface area (Å²) >= 11 is 7.28. The zero-order chi connectivity index (χ0) is 15.3. The van der Waals surface area contributed by atoms with Gasteiger partial charge in [0.2, 0.25) is 5.91 Å². The molecule has 1 amide bonds. The number of thiocarbonyl (C=S) groups is 1. The van der Waals surface area contributed by atoms with Crippen LogP contribution in [0.1, 0.15) is 58.3 Å². The molecule has 0 aromatic rings. The fourth-order valence-corrected chi connectivity index (χ4v) is 5.00. The largest absolute Gasteiger partial charge is 0.391 e. The number of nitrogens with one attached hydrogen (secondary N) is 1.